The lowest BCUT2D eigenvalue weighted by Gasteiger charge is -2.33. The Morgan fingerprint density at radius 2 is 1.15 bits per heavy atom. The Labute approximate surface area is 288 Å². The van der Waals surface area contributed by atoms with E-state index in [9.17, 15) is 29.3 Å². The summed E-state index contributed by atoms with van der Waals surface area (Å²) in [5, 5.41) is 11.7. The first-order valence-electron chi connectivity index (χ1n) is 13.5. The minimum absolute atomic E-state index is 0.102. The molecule has 4 aromatic carbocycles. The number of anilines is 2. The fraction of sp³-hybridized carbons (Fsp3) is 0.125. The number of carbonyl (C=O) groups is 4. The molecule has 0 aromatic heterocycles. The summed E-state index contributed by atoms with van der Waals surface area (Å²) in [7, 11) is 0. The third-order valence-corrected chi connectivity index (χ3v) is 9.94. The predicted octanol–water partition coefficient (Wildman–Crippen LogP) is 8.66. The van der Waals surface area contributed by atoms with Crippen molar-refractivity contribution in [2.75, 3.05) is 9.80 Å². The molecular weight excluding hydrogens is 819 g/mol. The maximum Gasteiger partial charge on any atom is 0.402 e. The molecule has 2 aliphatic heterocycles. The maximum atomic E-state index is 15.1. The van der Waals surface area contributed by atoms with E-state index in [1.54, 1.807) is 19.1 Å². The zero-order chi connectivity index (χ0) is 34.3. The first-order valence-corrected chi connectivity index (χ1v) is 15.9. The molecule has 0 fully saturated rings. The molecule has 0 saturated heterocycles. The van der Waals surface area contributed by atoms with E-state index >= 15 is 13.2 Å². The van der Waals surface area contributed by atoms with E-state index < -0.39 is 57.0 Å². The van der Waals surface area contributed by atoms with Gasteiger partial charge in [0, 0.05) is 19.5 Å². The molecule has 4 amide bonds. The Bertz CT molecular complexity index is 2110. The first kappa shape index (κ1) is 32.7. The minimum atomic E-state index is -5.00. The number of carbonyl (C=O) groups excluding carboxylic acids is 4. The van der Waals surface area contributed by atoms with Crippen LogP contribution in [0.25, 0.3) is 0 Å². The van der Waals surface area contributed by atoms with Gasteiger partial charge in [0.25, 0.3) is 29.3 Å². The highest BCUT2D eigenvalue weighted by Gasteiger charge is 2.55. The summed E-state index contributed by atoms with van der Waals surface area (Å²) < 4.78 is 46.7. The van der Waals surface area contributed by atoms with Gasteiger partial charge in [-0.25, -0.2) is 9.80 Å². The first-order chi connectivity index (χ1) is 22.0. The third-order valence-electron chi connectivity index (χ3n) is 8.27. The number of benzene rings is 4. The van der Waals surface area contributed by atoms with Crippen LogP contribution < -0.4 is 9.80 Å². The van der Waals surface area contributed by atoms with E-state index in [2.05, 4.69) is 47.8 Å². The van der Waals surface area contributed by atoms with Gasteiger partial charge in [0.1, 0.15) is 11.1 Å². The second kappa shape index (κ2) is 11.2. The lowest BCUT2D eigenvalue weighted by atomic mass is 9.74. The van der Waals surface area contributed by atoms with Crippen molar-refractivity contribution in [1.82, 2.24) is 0 Å². The molecule has 1 atom stereocenters. The molecule has 0 aliphatic carbocycles. The number of hydrogen-bond donors (Lipinski definition) is 0. The molecule has 0 bridgehead atoms. The van der Waals surface area contributed by atoms with Gasteiger partial charge in [-0.2, -0.15) is 13.2 Å². The highest BCUT2D eigenvalue weighted by atomic mass is 79.9. The highest BCUT2D eigenvalue weighted by molar-refractivity contribution is 9.11. The van der Waals surface area contributed by atoms with Gasteiger partial charge in [-0.05, 0) is 105 Å². The summed E-state index contributed by atoms with van der Waals surface area (Å²) in [6.07, 6.45) is -5.00. The lowest BCUT2D eigenvalue weighted by Crippen LogP contribution is -2.41. The molecule has 9 nitrogen and oxygen atoms in total. The molecule has 238 valence electrons. The van der Waals surface area contributed by atoms with Gasteiger partial charge in [-0.15, -0.1) is 0 Å². The number of rotatable bonds is 5. The van der Waals surface area contributed by atoms with E-state index in [1.165, 1.54) is 18.2 Å². The van der Waals surface area contributed by atoms with E-state index in [0.29, 0.717) is 23.9 Å². The second-order valence-electron chi connectivity index (χ2n) is 11.0. The minimum Gasteiger partial charge on any atom is -0.268 e. The van der Waals surface area contributed by atoms with Gasteiger partial charge >= 0.3 is 6.18 Å². The molecule has 1 unspecified atom stereocenters. The molecule has 6 rings (SSSR count). The molecular formula is C32H17Br3F3N3O6. The zero-order valence-corrected chi connectivity index (χ0v) is 28.7. The number of hydrogen-bond acceptors (Lipinski definition) is 6. The second-order valence-corrected chi connectivity index (χ2v) is 13.6. The molecule has 0 spiro atoms. The largest absolute Gasteiger partial charge is 0.402 e. The summed E-state index contributed by atoms with van der Waals surface area (Å²) in [6.45, 7) is 2.45. The van der Waals surface area contributed by atoms with E-state index in [4.69, 9.17) is 0 Å². The van der Waals surface area contributed by atoms with Crippen LogP contribution in [0.1, 0.15) is 65.0 Å². The van der Waals surface area contributed by atoms with Crippen molar-refractivity contribution in [3.63, 3.8) is 0 Å². The maximum absolute atomic E-state index is 15.1. The quantitative estimate of drug-likeness (QED) is 0.113. The highest BCUT2D eigenvalue weighted by Crippen LogP contribution is 2.49. The van der Waals surface area contributed by atoms with Crippen LogP contribution >= 0.6 is 47.8 Å². The van der Waals surface area contributed by atoms with Crippen molar-refractivity contribution in [3.05, 3.63) is 129 Å². The number of fused-ring (bicyclic) bond motifs is 2. The Hall–Kier alpha value is -4.21. The molecule has 0 saturated carbocycles. The SMILES string of the molecule is Cc1ccc(N2C(=O)c3ccc(C(C)(c4ccc5c(c4)C(=O)N(c4c(Br)cc(Br)cc4Br)C5=O)C(F)(F)F)cc3C2=O)c([N+](=O)[O-])c1. The van der Waals surface area contributed by atoms with Crippen molar-refractivity contribution in [3.8, 4) is 0 Å². The lowest BCUT2D eigenvalue weighted by molar-refractivity contribution is -0.384. The molecule has 4 aromatic rings. The number of alkyl halides is 3. The van der Waals surface area contributed by atoms with Crippen LogP contribution in [-0.2, 0) is 5.41 Å². The number of amides is 4. The summed E-state index contributed by atoms with van der Waals surface area (Å²) in [5.41, 5.74) is -4.80. The van der Waals surface area contributed by atoms with Crippen molar-refractivity contribution in [2.24, 2.45) is 0 Å². The number of aryl methyl sites for hydroxylation is 1. The van der Waals surface area contributed by atoms with E-state index in [0.717, 1.165) is 48.2 Å². The summed E-state index contributed by atoms with van der Waals surface area (Å²) >= 11 is 9.98. The van der Waals surface area contributed by atoms with Gasteiger partial charge < -0.3 is 0 Å². The van der Waals surface area contributed by atoms with Crippen LogP contribution in [0, 0.1) is 17.0 Å². The monoisotopic (exact) mass is 833 g/mol. The molecule has 0 N–H and O–H groups in total. The summed E-state index contributed by atoms with van der Waals surface area (Å²) in [4.78, 5) is 66.2. The number of nitro benzene ring substituents is 1. The predicted molar refractivity (Wildman–Crippen MR) is 175 cm³/mol. The van der Waals surface area contributed by atoms with Crippen molar-refractivity contribution >= 4 is 88.5 Å². The molecule has 2 heterocycles. The van der Waals surface area contributed by atoms with Crippen molar-refractivity contribution in [1.29, 1.82) is 0 Å². The number of halogens is 6. The van der Waals surface area contributed by atoms with Gasteiger partial charge in [0.15, 0.2) is 0 Å². The third kappa shape index (κ3) is 4.93. The average molecular weight is 836 g/mol. The van der Waals surface area contributed by atoms with E-state index in [1.807, 2.05) is 0 Å². The van der Waals surface area contributed by atoms with Crippen LogP contribution in [0.3, 0.4) is 0 Å². The molecule has 47 heavy (non-hydrogen) atoms. The average Bonchev–Trinajstić information content (AvgIpc) is 3.39. The Balaban J connectivity index is 1.45. The van der Waals surface area contributed by atoms with Crippen LogP contribution in [0.15, 0.2) is 80.1 Å². The standard InChI is InChI=1S/C32H17Br3F3N3O6/c1-14-3-8-24(25(9-14)41(46)47)39-27(42)18-6-4-15(10-20(18)29(39)44)31(2,32(36,37)38)16-5-7-19-21(11-16)30(45)40(28(19)43)26-22(34)12-17(33)13-23(26)35/h3-13H,1-2H3. The van der Waals surface area contributed by atoms with E-state index in [-0.39, 0.29) is 33.6 Å². The number of nitrogens with zero attached hydrogens (tertiary/aromatic N) is 3. The van der Waals surface area contributed by atoms with Crippen LogP contribution in [0.2, 0.25) is 0 Å². The van der Waals surface area contributed by atoms with Gasteiger partial charge in [0.2, 0.25) is 0 Å². The Kier molecular flexibility index (Phi) is 7.80. The smallest absolute Gasteiger partial charge is 0.268 e. The van der Waals surface area contributed by atoms with Crippen molar-refractivity contribution < 1.29 is 37.3 Å². The zero-order valence-electron chi connectivity index (χ0n) is 23.9. The fourth-order valence-corrected chi connectivity index (χ4v) is 8.35. The van der Waals surface area contributed by atoms with Crippen LogP contribution in [0.5, 0.6) is 0 Å². The fourth-order valence-electron chi connectivity index (χ4n) is 5.74. The normalized spacial score (nSPS) is 15.7. The van der Waals surface area contributed by atoms with Crippen LogP contribution in [-0.4, -0.2) is 34.7 Å². The summed E-state index contributed by atoms with van der Waals surface area (Å²) in [5.74, 6) is -3.53. The summed E-state index contributed by atoms with van der Waals surface area (Å²) in [6, 6.07) is 13.4. The molecule has 2 aliphatic rings. The number of nitro groups is 1. The molecule has 0 radical (unpaired) electrons. The number of imide groups is 2. The Morgan fingerprint density at radius 1 is 0.681 bits per heavy atom. The van der Waals surface area contributed by atoms with Gasteiger partial charge in [-0.3, -0.25) is 29.3 Å². The Morgan fingerprint density at radius 3 is 1.64 bits per heavy atom. The molecule has 15 heteroatoms. The van der Waals surface area contributed by atoms with Crippen LogP contribution in [0.4, 0.5) is 30.2 Å². The topological polar surface area (TPSA) is 118 Å². The van der Waals surface area contributed by atoms with Gasteiger partial charge in [0.05, 0.1) is 32.9 Å². The van der Waals surface area contributed by atoms with Gasteiger partial charge in [-0.1, -0.05) is 34.1 Å². The van der Waals surface area contributed by atoms with Crippen molar-refractivity contribution in [2.45, 2.75) is 25.4 Å².